The van der Waals surface area contributed by atoms with E-state index in [0.717, 1.165) is 11.8 Å². The van der Waals surface area contributed by atoms with Gasteiger partial charge >= 0.3 is 0 Å². The molecule has 2 fully saturated rings. The fraction of sp³-hybridized carbons (Fsp3) is 0.850. The van der Waals surface area contributed by atoms with Crippen LogP contribution in [0.3, 0.4) is 0 Å². The topological polar surface area (TPSA) is 7.45 Å². The van der Waals surface area contributed by atoms with Crippen LogP contribution in [0, 0.1) is 17.3 Å². The third-order valence-corrected chi connectivity index (χ3v) is 5.88. The summed E-state index contributed by atoms with van der Waals surface area (Å²) in [6, 6.07) is 0. The van der Waals surface area contributed by atoms with Crippen molar-refractivity contribution in [2.24, 2.45) is 17.3 Å². The van der Waals surface area contributed by atoms with Gasteiger partial charge in [0.05, 0.1) is 19.2 Å². The summed E-state index contributed by atoms with van der Waals surface area (Å²) in [6.45, 7) is 15.1. The molecule has 2 atom stereocenters. The summed E-state index contributed by atoms with van der Waals surface area (Å²) in [5.41, 5.74) is 3.79. The first kappa shape index (κ1) is 16.2. The Morgan fingerprint density at radius 2 is 1.64 bits per heavy atom. The van der Waals surface area contributed by atoms with Crippen LogP contribution in [0.25, 0.3) is 0 Å². The predicted molar refractivity (Wildman–Crippen MR) is 93.6 cm³/mol. The maximum atomic E-state index is 2.70. The molecule has 2 heteroatoms. The lowest BCUT2D eigenvalue weighted by molar-refractivity contribution is -0.876. The van der Waals surface area contributed by atoms with Crippen molar-refractivity contribution in [2.75, 3.05) is 26.2 Å². The second-order valence-electron chi connectivity index (χ2n) is 9.18. The molecule has 0 radical (unpaired) electrons. The standard InChI is InChI=1S/C20H35N2/c1-16-10-17(2)15-22(14-16)19-11-18(12-20(3,4)13-19)21-8-6-5-7-9-21/h11,16-17H,5-10,12-15H2,1-4H3/q+1/p+1/t16-,17-/m1/s1. The van der Waals surface area contributed by atoms with Gasteiger partial charge in [-0.2, -0.15) is 0 Å². The Kier molecular flexibility index (Phi) is 4.77. The second-order valence-corrected chi connectivity index (χ2v) is 9.18. The van der Waals surface area contributed by atoms with Crippen LogP contribution in [0.4, 0.5) is 0 Å². The molecular formula is C20H36N2+2. The molecule has 0 aromatic carbocycles. The van der Waals surface area contributed by atoms with Crippen molar-refractivity contribution in [1.82, 2.24) is 0 Å². The second kappa shape index (κ2) is 6.47. The summed E-state index contributed by atoms with van der Waals surface area (Å²) in [6.07, 6.45) is 10.8. The molecule has 2 aliphatic heterocycles. The number of hydrogen-bond acceptors (Lipinski definition) is 0. The maximum absolute atomic E-state index is 2.70. The van der Waals surface area contributed by atoms with Crippen LogP contribution < -0.4 is 4.90 Å². The molecule has 124 valence electrons. The smallest absolute Gasteiger partial charge is 0.182 e. The molecule has 0 bridgehead atoms. The average molecular weight is 305 g/mol. The molecule has 3 rings (SSSR count). The third kappa shape index (κ3) is 3.82. The number of nitrogens with one attached hydrogen (secondary N) is 1. The zero-order valence-electron chi connectivity index (χ0n) is 15.3. The van der Waals surface area contributed by atoms with Crippen LogP contribution in [-0.2, 0) is 0 Å². The molecule has 1 N–H and O–H groups in total. The van der Waals surface area contributed by atoms with E-state index >= 15 is 0 Å². The van der Waals surface area contributed by atoms with Gasteiger partial charge in [-0.1, -0.05) is 27.7 Å². The molecule has 0 aromatic heterocycles. The zero-order valence-corrected chi connectivity index (χ0v) is 15.3. The highest BCUT2D eigenvalue weighted by molar-refractivity contribution is 5.92. The van der Waals surface area contributed by atoms with Crippen molar-refractivity contribution in [3.8, 4) is 0 Å². The Bertz CT molecular complexity index is 454. The molecule has 22 heavy (non-hydrogen) atoms. The molecule has 0 saturated carbocycles. The van der Waals surface area contributed by atoms with Crippen molar-refractivity contribution < 1.29 is 9.48 Å². The first-order valence-electron chi connectivity index (χ1n) is 9.59. The van der Waals surface area contributed by atoms with E-state index in [1.165, 1.54) is 64.7 Å². The van der Waals surface area contributed by atoms with E-state index in [2.05, 4.69) is 38.3 Å². The molecule has 2 heterocycles. The Morgan fingerprint density at radius 3 is 2.27 bits per heavy atom. The Balaban J connectivity index is 1.86. The van der Waals surface area contributed by atoms with E-state index in [1.54, 1.807) is 16.3 Å². The number of rotatable bonds is 1. The highest BCUT2D eigenvalue weighted by Gasteiger charge is 2.37. The minimum absolute atomic E-state index is 0.438. The molecular weight excluding hydrogens is 268 g/mol. The number of likely N-dealkylation sites (tertiary alicyclic amines) is 1. The summed E-state index contributed by atoms with van der Waals surface area (Å²) < 4.78 is 2.70. The van der Waals surface area contributed by atoms with Gasteiger partial charge in [0, 0.05) is 37.5 Å². The van der Waals surface area contributed by atoms with Crippen molar-refractivity contribution >= 4 is 5.71 Å². The van der Waals surface area contributed by atoms with Gasteiger partial charge in [-0.15, -0.1) is 0 Å². The van der Waals surface area contributed by atoms with E-state index in [9.17, 15) is 0 Å². The van der Waals surface area contributed by atoms with Crippen molar-refractivity contribution in [3.63, 3.8) is 0 Å². The van der Waals surface area contributed by atoms with Gasteiger partial charge in [0.2, 0.25) is 0 Å². The first-order chi connectivity index (χ1) is 10.4. The van der Waals surface area contributed by atoms with Crippen LogP contribution in [0.1, 0.15) is 66.2 Å². The number of hydrogen-bond donors (Lipinski definition) is 1. The molecule has 0 unspecified atom stereocenters. The fourth-order valence-corrected chi connectivity index (χ4v) is 5.02. The van der Waals surface area contributed by atoms with Gasteiger partial charge in [-0.25, -0.2) is 4.58 Å². The van der Waals surface area contributed by atoms with Gasteiger partial charge in [-0.3, -0.25) is 0 Å². The molecule has 0 spiro atoms. The number of quaternary nitrogens is 1. The number of piperidine rings is 2. The first-order valence-corrected chi connectivity index (χ1v) is 9.59. The molecule has 1 aliphatic carbocycles. The summed E-state index contributed by atoms with van der Waals surface area (Å²) in [5.74, 6) is 1.76. The third-order valence-electron chi connectivity index (χ3n) is 5.88. The largest absolute Gasteiger partial charge is 0.305 e. The minimum atomic E-state index is 0.438. The molecule has 3 aliphatic rings. The summed E-state index contributed by atoms with van der Waals surface area (Å²) >= 11 is 0. The van der Waals surface area contributed by atoms with E-state index in [1.807, 2.05) is 0 Å². The van der Waals surface area contributed by atoms with Crippen molar-refractivity contribution in [2.45, 2.75) is 66.2 Å². The van der Waals surface area contributed by atoms with Gasteiger partial charge in [0.1, 0.15) is 18.8 Å². The van der Waals surface area contributed by atoms with Crippen LogP contribution in [0.2, 0.25) is 0 Å². The average Bonchev–Trinajstić information content (AvgIpc) is 2.45. The fourth-order valence-electron chi connectivity index (χ4n) is 5.02. The highest BCUT2D eigenvalue weighted by atomic mass is 15.2. The molecule has 0 aromatic rings. The van der Waals surface area contributed by atoms with Crippen LogP contribution in [0.15, 0.2) is 11.8 Å². The Morgan fingerprint density at radius 1 is 1.00 bits per heavy atom. The van der Waals surface area contributed by atoms with Crippen LogP contribution >= 0.6 is 0 Å². The predicted octanol–water partition coefficient (Wildman–Crippen LogP) is 2.89. The summed E-state index contributed by atoms with van der Waals surface area (Å²) in [5, 5.41) is 0. The molecule has 2 saturated heterocycles. The van der Waals surface area contributed by atoms with Gasteiger partial charge in [0.25, 0.3) is 0 Å². The normalized spacial score (nSPS) is 36.2. The van der Waals surface area contributed by atoms with Gasteiger partial charge < -0.3 is 4.90 Å². The maximum Gasteiger partial charge on any atom is 0.182 e. The van der Waals surface area contributed by atoms with Crippen LogP contribution in [0.5, 0.6) is 0 Å². The lowest BCUT2D eigenvalue weighted by atomic mass is 9.77. The SMILES string of the molecule is C[C@@H]1C[C@@H](C)C[NH+](C2=CC(=[N+]3CCCCC3)CC(C)(C)C2)C1. The molecule has 2 nitrogen and oxygen atoms in total. The summed E-state index contributed by atoms with van der Waals surface area (Å²) in [7, 11) is 0. The van der Waals surface area contributed by atoms with Crippen molar-refractivity contribution in [3.05, 3.63) is 11.8 Å². The minimum Gasteiger partial charge on any atom is -0.305 e. The highest BCUT2D eigenvalue weighted by Crippen LogP contribution is 2.33. The lowest BCUT2D eigenvalue weighted by Gasteiger charge is -2.37. The monoisotopic (exact) mass is 304 g/mol. The Labute approximate surface area is 137 Å². The Hall–Kier alpha value is -0.630. The van der Waals surface area contributed by atoms with Gasteiger partial charge in [0.15, 0.2) is 5.71 Å². The number of nitrogens with zero attached hydrogens (tertiary/aromatic N) is 1. The van der Waals surface area contributed by atoms with E-state index < -0.39 is 0 Å². The van der Waals surface area contributed by atoms with E-state index in [-0.39, 0.29) is 0 Å². The quantitative estimate of drug-likeness (QED) is 0.713. The number of allylic oxidation sites excluding steroid dienone is 2. The molecule has 0 amide bonds. The van der Waals surface area contributed by atoms with Crippen molar-refractivity contribution in [1.29, 1.82) is 0 Å². The summed E-state index contributed by atoms with van der Waals surface area (Å²) in [4.78, 5) is 1.79. The van der Waals surface area contributed by atoms with E-state index in [0.29, 0.717) is 5.41 Å². The lowest BCUT2D eigenvalue weighted by Crippen LogP contribution is -3.12. The van der Waals surface area contributed by atoms with Crippen LogP contribution in [-0.4, -0.2) is 36.5 Å². The van der Waals surface area contributed by atoms with Gasteiger partial charge in [-0.05, 0) is 18.3 Å². The zero-order chi connectivity index (χ0) is 15.7. The van der Waals surface area contributed by atoms with E-state index in [4.69, 9.17) is 0 Å².